The van der Waals surface area contributed by atoms with Gasteiger partial charge in [0.1, 0.15) is 5.69 Å². The number of amides is 1. The van der Waals surface area contributed by atoms with Crippen LogP contribution in [0.2, 0.25) is 0 Å². The van der Waals surface area contributed by atoms with Crippen LogP contribution in [0.1, 0.15) is 62.0 Å². The Hall–Kier alpha value is -1.81. The van der Waals surface area contributed by atoms with Gasteiger partial charge in [0.05, 0.1) is 0 Å². The molecule has 0 aliphatic heterocycles. The predicted molar refractivity (Wildman–Crippen MR) is 104 cm³/mol. The highest BCUT2D eigenvalue weighted by atomic mass is 16.5. The highest BCUT2D eigenvalue weighted by Gasteiger charge is 2.19. The Morgan fingerprint density at radius 1 is 1.08 bits per heavy atom. The third-order valence-corrected chi connectivity index (χ3v) is 4.57. The van der Waals surface area contributed by atoms with Gasteiger partial charge < -0.3 is 14.6 Å². The van der Waals surface area contributed by atoms with E-state index in [0.29, 0.717) is 13.2 Å². The maximum absolute atomic E-state index is 12.8. The first kappa shape index (κ1) is 19.5. The van der Waals surface area contributed by atoms with Crippen molar-refractivity contribution in [3.05, 3.63) is 35.5 Å². The minimum absolute atomic E-state index is 0.0263. The molecule has 25 heavy (non-hydrogen) atoms. The van der Waals surface area contributed by atoms with Crippen molar-refractivity contribution in [2.75, 3.05) is 19.8 Å². The zero-order chi connectivity index (χ0) is 18.1. The normalized spacial score (nSPS) is 11.2. The van der Waals surface area contributed by atoms with Crippen LogP contribution in [0.3, 0.4) is 0 Å². The molecule has 0 radical (unpaired) electrons. The summed E-state index contributed by atoms with van der Waals surface area (Å²) < 4.78 is 7.74. The highest BCUT2D eigenvalue weighted by Crippen LogP contribution is 2.26. The second-order valence-electron chi connectivity index (χ2n) is 6.57. The van der Waals surface area contributed by atoms with E-state index in [-0.39, 0.29) is 5.91 Å². The Kier molecular flexibility index (Phi) is 7.99. The van der Waals surface area contributed by atoms with Crippen LogP contribution in [0.25, 0.3) is 10.9 Å². The summed E-state index contributed by atoms with van der Waals surface area (Å²) in [5.41, 5.74) is 3.03. The van der Waals surface area contributed by atoms with Crippen LogP contribution in [0.4, 0.5) is 0 Å². The predicted octanol–water partition coefficient (Wildman–Crippen LogP) is 4.69. The first-order valence-electron chi connectivity index (χ1n) is 9.64. The van der Waals surface area contributed by atoms with E-state index in [9.17, 15) is 4.79 Å². The Morgan fingerprint density at radius 2 is 1.80 bits per heavy atom. The summed E-state index contributed by atoms with van der Waals surface area (Å²) in [7, 11) is 0. The zero-order valence-electron chi connectivity index (χ0n) is 15.9. The summed E-state index contributed by atoms with van der Waals surface area (Å²) in [6, 6.07) is 8.29. The topological polar surface area (TPSA) is 43.3 Å². The lowest BCUT2D eigenvalue weighted by molar-refractivity contribution is 0.0931. The molecule has 0 unspecified atom stereocenters. The fourth-order valence-electron chi connectivity index (χ4n) is 3.13. The first-order valence-corrected chi connectivity index (χ1v) is 9.64. The monoisotopic (exact) mass is 344 g/mol. The Morgan fingerprint density at radius 3 is 2.56 bits per heavy atom. The SMILES string of the molecule is CCCCOCCCNC(=O)c1c(C)c2ccccc2n1CCCC. The lowest BCUT2D eigenvalue weighted by Gasteiger charge is -2.11. The van der Waals surface area contributed by atoms with Gasteiger partial charge in [-0.25, -0.2) is 0 Å². The molecular weight excluding hydrogens is 312 g/mol. The average Bonchev–Trinajstić information content (AvgIpc) is 2.91. The number of carbonyl (C=O) groups is 1. The molecule has 0 saturated heterocycles. The van der Waals surface area contributed by atoms with Crippen LogP contribution in [-0.4, -0.2) is 30.2 Å². The van der Waals surface area contributed by atoms with Crippen molar-refractivity contribution in [3.63, 3.8) is 0 Å². The molecule has 1 aromatic heterocycles. The summed E-state index contributed by atoms with van der Waals surface area (Å²) >= 11 is 0. The lowest BCUT2D eigenvalue weighted by atomic mass is 10.1. The number of ether oxygens (including phenoxy) is 1. The van der Waals surface area contributed by atoms with E-state index in [1.165, 1.54) is 5.39 Å². The number of nitrogens with zero attached hydrogens (tertiary/aromatic N) is 1. The number of hydrogen-bond acceptors (Lipinski definition) is 2. The zero-order valence-corrected chi connectivity index (χ0v) is 15.9. The van der Waals surface area contributed by atoms with Crippen molar-refractivity contribution in [2.24, 2.45) is 0 Å². The molecule has 1 amide bonds. The molecule has 0 spiro atoms. The number of aryl methyl sites for hydroxylation is 2. The number of unbranched alkanes of at least 4 members (excludes halogenated alkanes) is 2. The highest BCUT2D eigenvalue weighted by molar-refractivity contribution is 6.01. The van der Waals surface area contributed by atoms with Crippen LogP contribution >= 0.6 is 0 Å². The lowest BCUT2D eigenvalue weighted by Crippen LogP contribution is -2.28. The molecule has 4 nitrogen and oxygen atoms in total. The number of carbonyl (C=O) groups excluding carboxylic acids is 1. The van der Waals surface area contributed by atoms with Crippen LogP contribution in [-0.2, 0) is 11.3 Å². The third kappa shape index (κ3) is 5.08. The fourth-order valence-corrected chi connectivity index (χ4v) is 3.13. The standard InChI is InChI=1S/C21H32N2O2/c1-4-6-14-23-19-12-9-8-11-18(19)17(3)20(23)21(24)22-13-10-16-25-15-7-5-2/h8-9,11-12H,4-7,10,13-16H2,1-3H3,(H,22,24). The van der Waals surface area contributed by atoms with E-state index in [2.05, 4.69) is 35.9 Å². The van der Waals surface area contributed by atoms with Gasteiger partial charge in [0.15, 0.2) is 0 Å². The van der Waals surface area contributed by atoms with Crippen molar-refractivity contribution in [1.29, 1.82) is 0 Å². The summed E-state index contributed by atoms with van der Waals surface area (Å²) in [6.45, 7) is 9.44. The summed E-state index contributed by atoms with van der Waals surface area (Å²) in [5.74, 6) is 0.0263. The number of rotatable bonds is 11. The summed E-state index contributed by atoms with van der Waals surface area (Å²) in [5, 5.41) is 4.24. The second-order valence-corrected chi connectivity index (χ2v) is 6.57. The average molecular weight is 344 g/mol. The molecule has 1 aromatic carbocycles. The number of para-hydroxylation sites is 1. The molecule has 0 fully saturated rings. The largest absolute Gasteiger partial charge is 0.381 e. The molecule has 138 valence electrons. The molecular formula is C21H32N2O2. The van der Waals surface area contributed by atoms with Crippen molar-refractivity contribution in [2.45, 2.75) is 59.4 Å². The van der Waals surface area contributed by atoms with Gasteiger partial charge in [-0.1, -0.05) is 44.9 Å². The second kappa shape index (κ2) is 10.2. The number of nitrogens with one attached hydrogen (secondary N) is 1. The number of hydrogen-bond donors (Lipinski definition) is 1. The van der Waals surface area contributed by atoms with Crippen molar-refractivity contribution in [3.8, 4) is 0 Å². The van der Waals surface area contributed by atoms with Crippen molar-refractivity contribution >= 4 is 16.8 Å². The molecule has 0 aliphatic rings. The number of benzene rings is 1. The van der Waals surface area contributed by atoms with E-state index in [4.69, 9.17) is 4.74 Å². The minimum Gasteiger partial charge on any atom is -0.381 e. The van der Waals surface area contributed by atoms with Gasteiger partial charge >= 0.3 is 0 Å². The van der Waals surface area contributed by atoms with Crippen LogP contribution in [0.15, 0.2) is 24.3 Å². The molecule has 4 heteroatoms. The number of fused-ring (bicyclic) bond motifs is 1. The first-order chi connectivity index (χ1) is 12.2. The third-order valence-electron chi connectivity index (χ3n) is 4.57. The van der Waals surface area contributed by atoms with E-state index < -0.39 is 0 Å². The summed E-state index contributed by atoms with van der Waals surface area (Å²) in [4.78, 5) is 12.8. The Labute approximate surface area is 151 Å². The van der Waals surface area contributed by atoms with Crippen LogP contribution in [0.5, 0.6) is 0 Å². The van der Waals surface area contributed by atoms with Crippen molar-refractivity contribution < 1.29 is 9.53 Å². The molecule has 2 rings (SSSR count). The quantitative estimate of drug-likeness (QED) is 0.601. The van der Waals surface area contributed by atoms with Gasteiger partial charge in [0, 0.05) is 37.2 Å². The Balaban J connectivity index is 2.03. The van der Waals surface area contributed by atoms with Gasteiger partial charge in [-0.15, -0.1) is 0 Å². The summed E-state index contributed by atoms with van der Waals surface area (Å²) in [6.07, 6.45) is 5.29. The maximum Gasteiger partial charge on any atom is 0.268 e. The smallest absolute Gasteiger partial charge is 0.268 e. The fraction of sp³-hybridized carbons (Fsp3) is 0.571. The molecule has 1 heterocycles. The van der Waals surface area contributed by atoms with E-state index in [1.807, 2.05) is 19.1 Å². The van der Waals surface area contributed by atoms with Gasteiger partial charge in [-0.05, 0) is 37.8 Å². The van der Waals surface area contributed by atoms with Crippen LogP contribution < -0.4 is 5.32 Å². The van der Waals surface area contributed by atoms with Crippen LogP contribution in [0, 0.1) is 6.92 Å². The molecule has 0 saturated carbocycles. The van der Waals surface area contributed by atoms with Crippen molar-refractivity contribution in [1.82, 2.24) is 9.88 Å². The molecule has 1 N–H and O–H groups in total. The van der Waals surface area contributed by atoms with Gasteiger partial charge in [-0.3, -0.25) is 4.79 Å². The molecule has 2 aromatic rings. The Bertz CT molecular complexity index is 676. The van der Waals surface area contributed by atoms with E-state index in [0.717, 1.165) is 62.0 Å². The van der Waals surface area contributed by atoms with E-state index in [1.54, 1.807) is 0 Å². The van der Waals surface area contributed by atoms with Gasteiger partial charge in [0.25, 0.3) is 5.91 Å². The molecule has 0 aliphatic carbocycles. The number of aromatic nitrogens is 1. The minimum atomic E-state index is 0.0263. The maximum atomic E-state index is 12.8. The van der Waals surface area contributed by atoms with Gasteiger partial charge in [0.2, 0.25) is 0 Å². The van der Waals surface area contributed by atoms with E-state index >= 15 is 0 Å². The van der Waals surface area contributed by atoms with Gasteiger partial charge in [-0.2, -0.15) is 0 Å². The molecule has 0 atom stereocenters. The molecule has 0 bridgehead atoms.